The van der Waals surface area contributed by atoms with Crippen molar-refractivity contribution < 1.29 is 0 Å². The van der Waals surface area contributed by atoms with E-state index >= 15 is 0 Å². The number of nitrogens with two attached hydrogens (primary N) is 2. The number of hydrogen-bond donors (Lipinski definition) is 2. The van der Waals surface area contributed by atoms with Gasteiger partial charge in [0.2, 0.25) is 0 Å². The molecule has 4 N–H and O–H groups in total. The molecule has 3 nitrogen and oxygen atoms in total. The van der Waals surface area contributed by atoms with Crippen LogP contribution in [0.2, 0.25) is 0 Å². The van der Waals surface area contributed by atoms with Crippen molar-refractivity contribution in [2.45, 2.75) is 20.4 Å². The molecular formula is C11H19Cl2N3S. The molecule has 0 radical (unpaired) electrons. The Balaban J connectivity index is 0. The summed E-state index contributed by atoms with van der Waals surface area (Å²) in [6.07, 6.45) is 0. The Morgan fingerprint density at radius 3 is 2.53 bits per heavy atom. The molecule has 0 aliphatic carbocycles. The zero-order chi connectivity index (χ0) is 11.3. The first-order valence-corrected chi connectivity index (χ1v) is 5.92. The summed E-state index contributed by atoms with van der Waals surface area (Å²) in [5.41, 5.74) is 14.5. The molecule has 0 bridgehead atoms. The second kappa shape index (κ2) is 9.59. The molecule has 1 aromatic carbocycles. The van der Waals surface area contributed by atoms with Gasteiger partial charge in [0.15, 0.2) is 5.17 Å². The van der Waals surface area contributed by atoms with Gasteiger partial charge >= 0.3 is 0 Å². The van der Waals surface area contributed by atoms with Crippen LogP contribution < -0.4 is 11.5 Å². The lowest BCUT2D eigenvalue weighted by molar-refractivity contribution is 1.05. The average molecular weight is 296 g/mol. The van der Waals surface area contributed by atoms with E-state index < -0.39 is 0 Å². The van der Waals surface area contributed by atoms with Gasteiger partial charge in [-0.15, -0.1) is 24.8 Å². The number of benzene rings is 1. The van der Waals surface area contributed by atoms with Gasteiger partial charge in [-0.05, 0) is 35.9 Å². The lowest BCUT2D eigenvalue weighted by Crippen LogP contribution is -2.06. The number of nitrogens with zero attached hydrogens (tertiary/aromatic N) is 1. The molecule has 6 heteroatoms. The van der Waals surface area contributed by atoms with Gasteiger partial charge in [0.05, 0.1) is 5.69 Å². The molecule has 0 spiro atoms. The van der Waals surface area contributed by atoms with Crippen LogP contribution in [0.4, 0.5) is 5.69 Å². The highest BCUT2D eigenvalue weighted by molar-refractivity contribution is 8.13. The molecule has 0 aliphatic rings. The van der Waals surface area contributed by atoms with E-state index in [1.165, 1.54) is 5.56 Å². The van der Waals surface area contributed by atoms with Crippen molar-refractivity contribution in [2.24, 2.45) is 16.5 Å². The van der Waals surface area contributed by atoms with Crippen LogP contribution in [-0.4, -0.2) is 10.9 Å². The van der Waals surface area contributed by atoms with Gasteiger partial charge in [0.1, 0.15) is 0 Å². The Morgan fingerprint density at radius 1 is 1.35 bits per heavy atom. The molecule has 0 atom stereocenters. The topological polar surface area (TPSA) is 64.4 Å². The van der Waals surface area contributed by atoms with Crippen molar-refractivity contribution in [3.05, 3.63) is 29.3 Å². The molecule has 1 aromatic rings. The van der Waals surface area contributed by atoms with Gasteiger partial charge in [0, 0.05) is 6.54 Å². The molecule has 1 rings (SSSR count). The van der Waals surface area contributed by atoms with E-state index in [4.69, 9.17) is 11.5 Å². The van der Waals surface area contributed by atoms with Gasteiger partial charge in [0.25, 0.3) is 0 Å². The zero-order valence-electron chi connectivity index (χ0n) is 9.97. The highest BCUT2D eigenvalue weighted by atomic mass is 35.5. The maximum Gasteiger partial charge on any atom is 0.159 e. The fourth-order valence-electron chi connectivity index (χ4n) is 1.25. The zero-order valence-corrected chi connectivity index (χ0v) is 12.4. The maximum atomic E-state index is 5.73. The third-order valence-corrected chi connectivity index (χ3v) is 2.76. The van der Waals surface area contributed by atoms with Crippen LogP contribution in [0.25, 0.3) is 0 Å². The summed E-state index contributed by atoms with van der Waals surface area (Å²) in [5, 5.41) is 0.601. The minimum Gasteiger partial charge on any atom is -0.378 e. The third kappa shape index (κ3) is 6.17. The highest BCUT2D eigenvalue weighted by Crippen LogP contribution is 2.18. The number of halogens is 2. The van der Waals surface area contributed by atoms with Crippen molar-refractivity contribution in [1.29, 1.82) is 0 Å². The van der Waals surface area contributed by atoms with E-state index in [2.05, 4.69) is 4.99 Å². The Morgan fingerprint density at radius 2 is 2.00 bits per heavy atom. The van der Waals surface area contributed by atoms with E-state index in [-0.39, 0.29) is 24.8 Å². The number of aliphatic imine (C=N–C) groups is 1. The number of amidine groups is 1. The molecule has 0 saturated heterocycles. The first-order chi connectivity index (χ1) is 7.17. The third-order valence-electron chi connectivity index (χ3n) is 2.08. The van der Waals surface area contributed by atoms with Crippen molar-refractivity contribution >= 4 is 47.4 Å². The van der Waals surface area contributed by atoms with E-state index in [0.717, 1.165) is 17.0 Å². The fourth-order valence-corrected chi connectivity index (χ4v) is 1.72. The van der Waals surface area contributed by atoms with E-state index in [1.807, 2.05) is 32.0 Å². The minimum atomic E-state index is 0. The lowest BCUT2D eigenvalue weighted by Gasteiger charge is -2.04. The molecule has 0 amide bonds. The molecule has 0 aromatic heterocycles. The van der Waals surface area contributed by atoms with Gasteiger partial charge in [-0.2, -0.15) is 0 Å². The van der Waals surface area contributed by atoms with Crippen LogP contribution in [0.1, 0.15) is 18.1 Å². The predicted molar refractivity (Wildman–Crippen MR) is 83.0 cm³/mol. The Hall–Kier alpha value is -0.420. The molecular weight excluding hydrogens is 277 g/mol. The summed E-state index contributed by atoms with van der Waals surface area (Å²) in [4.78, 5) is 4.30. The molecule has 0 heterocycles. The van der Waals surface area contributed by atoms with Gasteiger partial charge in [-0.25, -0.2) is 4.99 Å². The molecule has 17 heavy (non-hydrogen) atoms. The summed E-state index contributed by atoms with van der Waals surface area (Å²) in [6, 6.07) is 5.96. The maximum absolute atomic E-state index is 5.73. The Bertz CT molecular complexity index is 370. The monoisotopic (exact) mass is 295 g/mol. The fraction of sp³-hybridized carbons (Fsp3) is 0.364. The standard InChI is InChI=1S/C11H17N3S.2ClH/c1-3-15-11(13)14-10-5-4-8(2)9(6-10)7-12;;/h4-6H,3,7,12H2,1-2H3,(H2,13,14);2*1H. The minimum absolute atomic E-state index is 0. The molecule has 0 unspecified atom stereocenters. The molecule has 98 valence electrons. The van der Waals surface area contributed by atoms with Crippen LogP contribution in [-0.2, 0) is 6.54 Å². The quantitative estimate of drug-likeness (QED) is 0.665. The normalized spacial score (nSPS) is 10.4. The first-order valence-electron chi connectivity index (χ1n) is 4.94. The summed E-state index contributed by atoms with van der Waals surface area (Å²) in [6.45, 7) is 4.63. The number of rotatable bonds is 3. The van der Waals surface area contributed by atoms with Crippen molar-refractivity contribution in [1.82, 2.24) is 0 Å². The van der Waals surface area contributed by atoms with Gasteiger partial charge < -0.3 is 11.5 Å². The smallest absolute Gasteiger partial charge is 0.159 e. The summed E-state index contributed by atoms with van der Waals surface area (Å²) < 4.78 is 0. The van der Waals surface area contributed by atoms with Crippen LogP contribution in [0, 0.1) is 6.92 Å². The van der Waals surface area contributed by atoms with E-state index in [1.54, 1.807) is 11.8 Å². The summed E-state index contributed by atoms with van der Waals surface area (Å²) in [5.74, 6) is 0.935. The lowest BCUT2D eigenvalue weighted by atomic mass is 10.1. The average Bonchev–Trinajstić information content (AvgIpc) is 2.21. The Kier molecular flexibility index (Phi) is 10.7. The van der Waals surface area contributed by atoms with Crippen molar-refractivity contribution in [3.63, 3.8) is 0 Å². The predicted octanol–water partition coefficient (Wildman–Crippen LogP) is 3.00. The molecule has 0 saturated carbocycles. The first kappa shape index (κ1) is 18.9. The number of hydrogen-bond acceptors (Lipinski definition) is 3. The second-order valence-electron chi connectivity index (χ2n) is 3.20. The molecule has 0 aliphatic heterocycles. The van der Waals surface area contributed by atoms with Crippen molar-refractivity contribution in [2.75, 3.05) is 5.75 Å². The van der Waals surface area contributed by atoms with Gasteiger partial charge in [-0.3, -0.25) is 0 Å². The van der Waals surface area contributed by atoms with Crippen LogP contribution in [0.3, 0.4) is 0 Å². The summed E-state index contributed by atoms with van der Waals surface area (Å²) in [7, 11) is 0. The van der Waals surface area contributed by atoms with Crippen molar-refractivity contribution in [3.8, 4) is 0 Å². The van der Waals surface area contributed by atoms with Gasteiger partial charge in [-0.1, -0.05) is 24.8 Å². The molecule has 0 fully saturated rings. The van der Waals surface area contributed by atoms with E-state index in [9.17, 15) is 0 Å². The van der Waals surface area contributed by atoms with Crippen LogP contribution >= 0.6 is 36.6 Å². The Labute approximate surface area is 119 Å². The second-order valence-corrected chi connectivity index (χ2v) is 4.48. The highest BCUT2D eigenvalue weighted by Gasteiger charge is 1.98. The van der Waals surface area contributed by atoms with Crippen LogP contribution in [0.15, 0.2) is 23.2 Å². The van der Waals surface area contributed by atoms with Crippen LogP contribution in [0.5, 0.6) is 0 Å². The number of thioether (sulfide) groups is 1. The largest absolute Gasteiger partial charge is 0.378 e. The summed E-state index contributed by atoms with van der Waals surface area (Å²) >= 11 is 1.54. The number of aryl methyl sites for hydroxylation is 1. The van der Waals surface area contributed by atoms with E-state index in [0.29, 0.717) is 11.7 Å². The SMILES string of the molecule is CCSC(N)=Nc1ccc(C)c(CN)c1.Cl.Cl.